The highest BCUT2D eigenvalue weighted by Crippen LogP contribution is 2.39. The molecular formula is C28H32N4O3S. The molecule has 4 rings (SSSR count). The highest BCUT2D eigenvalue weighted by atomic mass is 32.1. The summed E-state index contributed by atoms with van der Waals surface area (Å²) < 4.78 is 7.26. The SMILES string of the molecule is C#Cc1c(NC(=O)CC(C)c2ccccc2)sc2c1CCC(COC(=O)NC(C)c1ccnn1C)C2. The number of aromatic nitrogens is 2. The molecule has 7 nitrogen and oxygen atoms in total. The van der Waals surface area contributed by atoms with Crippen LogP contribution in [0.2, 0.25) is 0 Å². The van der Waals surface area contributed by atoms with Crippen molar-refractivity contribution in [1.29, 1.82) is 0 Å². The lowest BCUT2D eigenvalue weighted by molar-refractivity contribution is -0.116. The lowest BCUT2D eigenvalue weighted by atomic mass is 9.87. The summed E-state index contributed by atoms with van der Waals surface area (Å²) in [4.78, 5) is 26.3. The Hall–Kier alpha value is -3.57. The van der Waals surface area contributed by atoms with Crippen LogP contribution in [0.3, 0.4) is 0 Å². The zero-order valence-electron chi connectivity index (χ0n) is 20.9. The van der Waals surface area contributed by atoms with Gasteiger partial charge in [0.15, 0.2) is 0 Å². The van der Waals surface area contributed by atoms with Crippen molar-refractivity contribution in [1.82, 2.24) is 15.1 Å². The summed E-state index contributed by atoms with van der Waals surface area (Å²) in [5.74, 6) is 3.07. The van der Waals surface area contributed by atoms with Crippen LogP contribution in [0.15, 0.2) is 42.6 Å². The van der Waals surface area contributed by atoms with Gasteiger partial charge >= 0.3 is 6.09 Å². The molecule has 0 aliphatic heterocycles. The van der Waals surface area contributed by atoms with Crippen LogP contribution in [0, 0.1) is 18.3 Å². The van der Waals surface area contributed by atoms with Gasteiger partial charge in [-0.3, -0.25) is 9.48 Å². The molecule has 2 amide bonds. The molecule has 2 heterocycles. The van der Waals surface area contributed by atoms with Gasteiger partial charge in [-0.25, -0.2) is 4.79 Å². The van der Waals surface area contributed by atoms with Gasteiger partial charge in [-0.05, 0) is 55.2 Å². The summed E-state index contributed by atoms with van der Waals surface area (Å²) in [6, 6.07) is 11.7. The number of terminal acetylenes is 1. The molecule has 3 atom stereocenters. The summed E-state index contributed by atoms with van der Waals surface area (Å²) in [7, 11) is 1.84. The molecule has 36 heavy (non-hydrogen) atoms. The number of anilines is 1. The van der Waals surface area contributed by atoms with E-state index in [0.29, 0.717) is 13.0 Å². The average Bonchev–Trinajstić information content (AvgIpc) is 3.45. The summed E-state index contributed by atoms with van der Waals surface area (Å²) in [6.07, 6.45) is 9.94. The molecule has 1 aromatic carbocycles. The second-order valence-electron chi connectivity index (χ2n) is 9.37. The van der Waals surface area contributed by atoms with Gasteiger partial charge in [0.2, 0.25) is 5.91 Å². The Bertz CT molecular complexity index is 1260. The molecular weight excluding hydrogens is 472 g/mol. The third-order valence-electron chi connectivity index (χ3n) is 6.71. The third-order valence-corrected chi connectivity index (χ3v) is 7.88. The van der Waals surface area contributed by atoms with E-state index in [9.17, 15) is 9.59 Å². The predicted molar refractivity (Wildman–Crippen MR) is 142 cm³/mol. The number of aryl methyl sites for hydroxylation is 1. The maximum absolute atomic E-state index is 12.8. The molecule has 0 fully saturated rings. The van der Waals surface area contributed by atoms with E-state index >= 15 is 0 Å². The first kappa shape index (κ1) is 25.5. The van der Waals surface area contributed by atoms with Crippen molar-refractivity contribution >= 4 is 28.3 Å². The first-order valence-corrected chi connectivity index (χ1v) is 13.0. The predicted octanol–water partition coefficient (Wildman–Crippen LogP) is 5.19. The Morgan fingerprint density at radius 3 is 2.75 bits per heavy atom. The summed E-state index contributed by atoms with van der Waals surface area (Å²) >= 11 is 1.55. The van der Waals surface area contributed by atoms with Crippen molar-refractivity contribution in [2.45, 2.75) is 51.5 Å². The molecule has 3 aromatic rings. The largest absolute Gasteiger partial charge is 0.449 e. The molecule has 0 radical (unpaired) electrons. The Morgan fingerprint density at radius 2 is 2.06 bits per heavy atom. The molecule has 0 saturated carbocycles. The number of carbonyl (C=O) groups is 2. The second kappa shape index (κ2) is 11.4. The van der Waals surface area contributed by atoms with Gasteiger partial charge in [-0.2, -0.15) is 5.10 Å². The van der Waals surface area contributed by atoms with Crippen molar-refractivity contribution in [3.05, 3.63) is 69.9 Å². The number of rotatable bonds is 8. The van der Waals surface area contributed by atoms with Gasteiger partial charge in [-0.15, -0.1) is 17.8 Å². The third kappa shape index (κ3) is 5.97. The lowest BCUT2D eigenvalue weighted by Gasteiger charge is -2.22. The molecule has 0 spiro atoms. The van der Waals surface area contributed by atoms with Crippen LogP contribution in [0.4, 0.5) is 9.80 Å². The quantitative estimate of drug-likeness (QED) is 0.414. The number of thiophene rings is 1. The van der Waals surface area contributed by atoms with Crippen molar-refractivity contribution in [2.75, 3.05) is 11.9 Å². The minimum atomic E-state index is -0.439. The molecule has 0 bridgehead atoms. The summed E-state index contributed by atoms with van der Waals surface area (Å²) in [5, 5.41) is 10.8. The van der Waals surface area contributed by atoms with Crippen LogP contribution in [0.5, 0.6) is 0 Å². The van der Waals surface area contributed by atoms with E-state index in [-0.39, 0.29) is 23.8 Å². The fraction of sp³-hybridized carbons (Fsp3) is 0.393. The Balaban J connectivity index is 1.32. The molecule has 1 aliphatic rings. The lowest BCUT2D eigenvalue weighted by Crippen LogP contribution is -2.31. The van der Waals surface area contributed by atoms with E-state index in [0.717, 1.165) is 51.5 Å². The molecule has 188 valence electrons. The topological polar surface area (TPSA) is 85.2 Å². The molecule has 8 heteroatoms. The van der Waals surface area contributed by atoms with Crippen LogP contribution in [0.1, 0.15) is 65.9 Å². The fourth-order valence-corrected chi connectivity index (χ4v) is 6.03. The number of carbonyl (C=O) groups excluding carboxylic acids is 2. The molecule has 2 aromatic heterocycles. The molecule has 2 N–H and O–H groups in total. The van der Waals surface area contributed by atoms with Gasteiger partial charge in [0.25, 0.3) is 0 Å². The van der Waals surface area contributed by atoms with E-state index in [4.69, 9.17) is 11.2 Å². The standard InChI is InChI=1S/C28H32N4O3S/c1-5-22-23-12-11-20(17-35-28(34)30-19(3)24-13-14-29-32(24)4)16-25(23)36-27(22)31-26(33)15-18(2)21-9-7-6-8-10-21/h1,6-10,13-14,18-20H,11-12,15-17H2,2-4H3,(H,30,34)(H,31,33). The maximum atomic E-state index is 12.8. The van der Waals surface area contributed by atoms with E-state index < -0.39 is 6.09 Å². The average molecular weight is 505 g/mol. The number of benzene rings is 1. The number of nitrogens with one attached hydrogen (secondary N) is 2. The van der Waals surface area contributed by atoms with Crippen LogP contribution in [-0.2, 0) is 29.4 Å². The zero-order valence-corrected chi connectivity index (χ0v) is 21.7. The van der Waals surface area contributed by atoms with E-state index in [2.05, 4.69) is 28.6 Å². The Kier molecular flexibility index (Phi) is 8.11. The zero-order chi connectivity index (χ0) is 25.7. The van der Waals surface area contributed by atoms with Gasteiger partial charge in [0.1, 0.15) is 5.00 Å². The highest BCUT2D eigenvalue weighted by Gasteiger charge is 2.27. The van der Waals surface area contributed by atoms with Crippen LogP contribution in [0.25, 0.3) is 0 Å². The summed E-state index contributed by atoms with van der Waals surface area (Å²) in [6.45, 7) is 4.28. The van der Waals surface area contributed by atoms with E-state index in [1.165, 1.54) is 0 Å². The van der Waals surface area contributed by atoms with Crippen LogP contribution >= 0.6 is 11.3 Å². The number of fused-ring (bicyclic) bond motifs is 1. The fourth-order valence-electron chi connectivity index (χ4n) is 4.69. The maximum Gasteiger partial charge on any atom is 0.407 e. The minimum Gasteiger partial charge on any atom is -0.449 e. The first-order chi connectivity index (χ1) is 17.4. The molecule has 1 aliphatic carbocycles. The normalized spacial score (nSPS) is 16.3. The summed E-state index contributed by atoms with van der Waals surface area (Å²) in [5.41, 5.74) is 3.97. The molecule has 0 saturated heterocycles. The molecule has 3 unspecified atom stereocenters. The van der Waals surface area contributed by atoms with Crippen LogP contribution in [-0.4, -0.2) is 28.4 Å². The van der Waals surface area contributed by atoms with Gasteiger partial charge < -0.3 is 15.4 Å². The number of hydrogen-bond donors (Lipinski definition) is 2. The number of amides is 2. The monoisotopic (exact) mass is 504 g/mol. The van der Waals surface area contributed by atoms with E-state index in [1.807, 2.05) is 50.4 Å². The van der Waals surface area contributed by atoms with Crippen molar-refractivity contribution in [3.63, 3.8) is 0 Å². The highest BCUT2D eigenvalue weighted by molar-refractivity contribution is 7.16. The Morgan fingerprint density at radius 1 is 1.28 bits per heavy atom. The van der Waals surface area contributed by atoms with Crippen molar-refractivity contribution in [3.8, 4) is 12.3 Å². The van der Waals surface area contributed by atoms with E-state index in [1.54, 1.807) is 22.2 Å². The number of hydrogen-bond acceptors (Lipinski definition) is 5. The van der Waals surface area contributed by atoms with Crippen molar-refractivity contribution < 1.29 is 14.3 Å². The smallest absolute Gasteiger partial charge is 0.407 e. The minimum absolute atomic E-state index is 0.0412. The number of alkyl carbamates (subject to hydrolysis) is 1. The Labute approximate surface area is 216 Å². The van der Waals surface area contributed by atoms with Gasteiger partial charge in [0.05, 0.1) is 23.9 Å². The first-order valence-electron chi connectivity index (χ1n) is 12.2. The van der Waals surface area contributed by atoms with Crippen LogP contribution < -0.4 is 10.6 Å². The van der Waals surface area contributed by atoms with Gasteiger partial charge in [0, 0.05) is 24.5 Å². The van der Waals surface area contributed by atoms with Gasteiger partial charge in [-0.1, -0.05) is 43.2 Å². The number of ether oxygens (including phenoxy) is 1. The van der Waals surface area contributed by atoms with Crippen molar-refractivity contribution in [2.24, 2.45) is 13.0 Å². The second-order valence-corrected chi connectivity index (χ2v) is 10.5. The number of nitrogens with zero attached hydrogens (tertiary/aromatic N) is 2.